The summed E-state index contributed by atoms with van der Waals surface area (Å²) in [6.07, 6.45) is 3.37. The van der Waals surface area contributed by atoms with E-state index in [0.717, 1.165) is 22.4 Å². The largest absolute Gasteiger partial charge is 0.404 e. The second kappa shape index (κ2) is 9.86. The zero-order valence-corrected chi connectivity index (χ0v) is 22.7. The number of aromatic nitrogens is 1. The number of rotatable bonds is 4. The highest BCUT2D eigenvalue weighted by Gasteiger charge is 2.19. The first-order valence-corrected chi connectivity index (χ1v) is 13.7. The molecule has 1 aromatic heterocycles. The van der Waals surface area contributed by atoms with Crippen molar-refractivity contribution >= 4 is 48.9 Å². The third kappa shape index (κ3) is 3.97. The fourth-order valence-corrected chi connectivity index (χ4v) is 6.07. The summed E-state index contributed by atoms with van der Waals surface area (Å²) in [5, 5.41) is 16.7. The lowest BCUT2D eigenvalue weighted by Gasteiger charge is -2.13. The quantitative estimate of drug-likeness (QED) is 0.184. The number of allylic oxidation sites excluding steroid dienone is 3. The van der Waals surface area contributed by atoms with Gasteiger partial charge in [-0.2, -0.15) is 5.26 Å². The Hall–Kier alpha value is -5.59. The molecule has 194 valence electrons. The van der Waals surface area contributed by atoms with E-state index >= 15 is 0 Å². The molecule has 0 aliphatic rings. The molecule has 0 saturated heterocycles. The smallest absolute Gasteiger partial charge is 0.0944 e. The highest BCUT2D eigenvalue weighted by molar-refractivity contribution is 6.30. The number of fused-ring (bicyclic) bond motifs is 7. The van der Waals surface area contributed by atoms with Gasteiger partial charge in [-0.25, -0.2) is 0 Å². The summed E-state index contributed by atoms with van der Waals surface area (Å²) in [4.78, 5) is 0. The SMILES string of the molecule is C/C(C#N)=C\C(=C/N)c1ccc(-c2cc3c(c4ccccc24)c2c4ccccc4ccc2n3-c2ccccc2)cc1. The van der Waals surface area contributed by atoms with E-state index in [0.29, 0.717) is 5.57 Å². The van der Waals surface area contributed by atoms with Crippen molar-refractivity contribution in [1.82, 2.24) is 4.57 Å². The second-order valence-corrected chi connectivity index (χ2v) is 10.4. The Morgan fingerprint density at radius 2 is 1.37 bits per heavy atom. The molecule has 0 saturated carbocycles. The minimum absolute atomic E-state index is 0.614. The van der Waals surface area contributed by atoms with Gasteiger partial charge in [0, 0.05) is 28.2 Å². The predicted molar refractivity (Wildman–Crippen MR) is 173 cm³/mol. The molecule has 0 amide bonds. The van der Waals surface area contributed by atoms with Gasteiger partial charge in [0.25, 0.3) is 0 Å². The second-order valence-electron chi connectivity index (χ2n) is 10.4. The third-order valence-corrected chi connectivity index (χ3v) is 7.93. The van der Waals surface area contributed by atoms with Crippen molar-refractivity contribution in [1.29, 1.82) is 5.26 Å². The molecule has 3 heteroatoms. The average Bonchev–Trinajstić information content (AvgIpc) is 3.38. The van der Waals surface area contributed by atoms with Crippen molar-refractivity contribution in [2.45, 2.75) is 6.92 Å². The van der Waals surface area contributed by atoms with Crippen LogP contribution in [0.15, 0.2) is 139 Å². The van der Waals surface area contributed by atoms with Gasteiger partial charge >= 0.3 is 0 Å². The Balaban J connectivity index is 1.56. The van der Waals surface area contributed by atoms with E-state index in [4.69, 9.17) is 5.73 Å². The summed E-state index contributed by atoms with van der Waals surface area (Å²) in [5.74, 6) is 0. The molecule has 6 aromatic carbocycles. The van der Waals surface area contributed by atoms with Crippen LogP contribution in [-0.4, -0.2) is 4.57 Å². The van der Waals surface area contributed by atoms with E-state index in [-0.39, 0.29) is 0 Å². The molecule has 0 aliphatic carbocycles. The summed E-state index contributed by atoms with van der Waals surface area (Å²) in [5.41, 5.74) is 14.1. The minimum atomic E-state index is 0.614. The first-order valence-electron chi connectivity index (χ1n) is 13.7. The van der Waals surface area contributed by atoms with Crippen LogP contribution in [0.25, 0.3) is 65.7 Å². The summed E-state index contributed by atoms with van der Waals surface area (Å²) in [7, 11) is 0. The zero-order chi connectivity index (χ0) is 27.9. The van der Waals surface area contributed by atoms with Crippen LogP contribution in [0.2, 0.25) is 0 Å². The Labute approximate surface area is 238 Å². The molecule has 0 unspecified atom stereocenters. The van der Waals surface area contributed by atoms with Crippen LogP contribution < -0.4 is 5.73 Å². The van der Waals surface area contributed by atoms with Crippen LogP contribution in [0.5, 0.6) is 0 Å². The van der Waals surface area contributed by atoms with Crippen molar-refractivity contribution < 1.29 is 0 Å². The Kier molecular flexibility index (Phi) is 5.88. The molecule has 0 atom stereocenters. The summed E-state index contributed by atoms with van der Waals surface area (Å²) in [6.45, 7) is 1.79. The zero-order valence-electron chi connectivity index (χ0n) is 22.7. The van der Waals surface area contributed by atoms with Crippen molar-refractivity contribution in [2.75, 3.05) is 0 Å². The third-order valence-electron chi connectivity index (χ3n) is 7.93. The molecule has 0 radical (unpaired) electrons. The molecule has 0 spiro atoms. The Bertz CT molecular complexity index is 2210. The maximum atomic E-state index is 9.23. The number of hydrogen-bond donors (Lipinski definition) is 1. The van der Waals surface area contributed by atoms with Gasteiger partial charge in [0.05, 0.1) is 17.1 Å². The fraction of sp³-hybridized carbons (Fsp3) is 0.0263. The molecule has 0 aliphatic heterocycles. The van der Waals surface area contributed by atoms with Crippen LogP contribution in [-0.2, 0) is 0 Å². The molecule has 1 heterocycles. The number of nitriles is 1. The molecule has 2 N–H and O–H groups in total. The van der Waals surface area contributed by atoms with Gasteiger partial charge in [-0.15, -0.1) is 0 Å². The Morgan fingerprint density at radius 1 is 0.707 bits per heavy atom. The summed E-state index contributed by atoms with van der Waals surface area (Å²) in [6, 6.07) is 45.4. The van der Waals surface area contributed by atoms with Gasteiger partial charge in [0.15, 0.2) is 0 Å². The lowest BCUT2D eigenvalue weighted by atomic mass is 9.92. The van der Waals surface area contributed by atoms with Gasteiger partial charge in [-0.1, -0.05) is 97.1 Å². The van der Waals surface area contributed by atoms with Gasteiger partial charge in [0.1, 0.15) is 0 Å². The first kappa shape index (κ1) is 24.5. The molecular formula is C38H27N3. The minimum Gasteiger partial charge on any atom is -0.404 e. The van der Waals surface area contributed by atoms with Gasteiger partial charge < -0.3 is 10.3 Å². The van der Waals surface area contributed by atoms with E-state index in [2.05, 4.69) is 132 Å². The van der Waals surface area contributed by atoms with Crippen LogP contribution in [0.1, 0.15) is 12.5 Å². The maximum Gasteiger partial charge on any atom is 0.0944 e. The Morgan fingerprint density at radius 3 is 2.10 bits per heavy atom. The number of nitrogens with two attached hydrogens (primary N) is 1. The van der Waals surface area contributed by atoms with Crippen molar-refractivity contribution in [2.24, 2.45) is 5.73 Å². The molecule has 0 fully saturated rings. The van der Waals surface area contributed by atoms with E-state index in [9.17, 15) is 5.26 Å². The van der Waals surface area contributed by atoms with Gasteiger partial charge in [-0.3, -0.25) is 0 Å². The normalized spacial score (nSPS) is 12.4. The van der Waals surface area contributed by atoms with Crippen molar-refractivity contribution in [3.8, 4) is 22.9 Å². The van der Waals surface area contributed by atoms with Crippen molar-refractivity contribution in [3.05, 3.63) is 145 Å². The van der Waals surface area contributed by atoms with Crippen LogP contribution in [0.4, 0.5) is 0 Å². The average molecular weight is 526 g/mol. The molecular weight excluding hydrogens is 498 g/mol. The highest BCUT2D eigenvalue weighted by atomic mass is 15.0. The molecule has 7 rings (SSSR count). The topological polar surface area (TPSA) is 54.7 Å². The van der Waals surface area contributed by atoms with Gasteiger partial charge in [-0.05, 0) is 81.1 Å². The number of benzene rings is 6. The predicted octanol–water partition coefficient (Wildman–Crippen LogP) is 9.53. The van der Waals surface area contributed by atoms with E-state index in [1.54, 1.807) is 13.1 Å². The molecule has 3 nitrogen and oxygen atoms in total. The molecule has 41 heavy (non-hydrogen) atoms. The number of nitrogens with zero attached hydrogens (tertiary/aromatic N) is 2. The lowest BCUT2D eigenvalue weighted by molar-refractivity contribution is 1.18. The van der Waals surface area contributed by atoms with Crippen LogP contribution in [0, 0.1) is 11.3 Å². The number of para-hydroxylation sites is 1. The van der Waals surface area contributed by atoms with Crippen LogP contribution in [0.3, 0.4) is 0 Å². The highest BCUT2D eigenvalue weighted by Crippen LogP contribution is 2.43. The van der Waals surface area contributed by atoms with E-state index in [1.807, 2.05) is 6.08 Å². The monoisotopic (exact) mass is 525 g/mol. The molecule has 7 aromatic rings. The van der Waals surface area contributed by atoms with Crippen molar-refractivity contribution in [3.63, 3.8) is 0 Å². The maximum absolute atomic E-state index is 9.23. The number of hydrogen-bond acceptors (Lipinski definition) is 2. The molecule has 0 bridgehead atoms. The van der Waals surface area contributed by atoms with Crippen LogP contribution >= 0.6 is 0 Å². The summed E-state index contributed by atoms with van der Waals surface area (Å²) >= 11 is 0. The summed E-state index contributed by atoms with van der Waals surface area (Å²) < 4.78 is 2.39. The van der Waals surface area contributed by atoms with E-state index in [1.165, 1.54) is 48.9 Å². The van der Waals surface area contributed by atoms with Gasteiger partial charge in [0.2, 0.25) is 0 Å². The standard InChI is InChI=1S/C38H27N3/c1-25(23-39)21-29(24-40)26-15-17-28(18-16-26)34-22-36-38(33-14-8-7-13-32(33)34)37-31-12-6-5-9-27(31)19-20-35(37)41(36)30-10-3-2-4-11-30/h2-22,24H,40H2,1H3/b25-21+,29-24+. The first-order chi connectivity index (χ1) is 20.2. The fourth-order valence-electron chi connectivity index (χ4n) is 6.07. The van der Waals surface area contributed by atoms with E-state index < -0.39 is 0 Å². The lowest BCUT2D eigenvalue weighted by Crippen LogP contribution is -1.94.